The second-order valence-corrected chi connectivity index (χ2v) is 3.57. The number of pyridine rings is 2. The minimum Gasteiger partial charge on any atom is -0.283 e. The molecule has 0 atom stereocenters. The molecule has 3 aromatic rings. The van der Waals surface area contributed by atoms with Crippen molar-refractivity contribution in [3.8, 4) is 17.1 Å². The lowest BCUT2D eigenvalue weighted by atomic mass is 10.2. The number of aromatic nitrogens is 6. The van der Waals surface area contributed by atoms with Gasteiger partial charge in [0.1, 0.15) is 0 Å². The first kappa shape index (κ1) is 10.3. The molecule has 3 heterocycles. The van der Waals surface area contributed by atoms with Crippen LogP contribution in [-0.2, 0) is 0 Å². The molecule has 0 saturated carbocycles. The lowest BCUT2D eigenvalue weighted by Crippen LogP contribution is -2.16. The summed E-state index contributed by atoms with van der Waals surface area (Å²) in [5.74, 6) is 0.394. The molecule has 7 heteroatoms. The Morgan fingerprint density at radius 3 is 2.89 bits per heavy atom. The van der Waals surface area contributed by atoms with Crippen LogP contribution in [0.25, 0.3) is 17.1 Å². The maximum absolute atomic E-state index is 12.0. The lowest BCUT2D eigenvalue weighted by molar-refractivity contribution is 0.881. The van der Waals surface area contributed by atoms with Crippen LogP contribution < -0.4 is 5.56 Å². The zero-order valence-electron chi connectivity index (χ0n) is 9.19. The van der Waals surface area contributed by atoms with Crippen LogP contribution in [0.2, 0.25) is 0 Å². The number of hydrogen-bond donors (Lipinski definition) is 1. The first-order chi connectivity index (χ1) is 8.84. The van der Waals surface area contributed by atoms with Crippen LogP contribution in [0.4, 0.5) is 0 Å². The van der Waals surface area contributed by atoms with Crippen LogP contribution in [0, 0.1) is 0 Å². The number of rotatable bonds is 2. The van der Waals surface area contributed by atoms with E-state index in [0.29, 0.717) is 17.1 Å². The summed E-state index contributed by atoms with van der Waals surface area (Å²) in [5.41, 5.74) is 1.15. The Morgan fingerprint density at radius 1 is 1.28 bits per heavy atom. The highest BCUT2D eigenvalue weighted by atomic mass is 16.1. The van der Waals surface area contributed by atoms with Crippen molar-refractivity contribution in [2.45, 2.75) is 0 Å². The minimum atomic E-state index is -0.176. The molecular weight excluding hydrogens is 232 g/mol. The monoisotopic (exact) mass is 240 g/mol. The summed E-state index contributed by atoms with van der Waals surface area (Å²) in [5, 5.41) is 13.4. The fraction of sp³-hybridized carbons (Fsp3) is 0. The van der Waals surface area contributed by atoms with Gasteiger partial charge < -0.3 is 0 Å². The number of tetrazole rings is 1. The topological polar surface area (TPSA) is 89.4 Å². The highest BCUT2D eigenvalue weighted by Gasteiger charge is 2.06. The van der Waals surface area contributed by atoms with E-state index >= 15 is 0 Å². The largest absolute Gasteiger partial charge is 0.283 e. The quantitative estimate of drug-likeness (QED) is 0.700. The predicted molar refractivity (Wildman–Crippen MR) is 63.0 cm³/mol. The van der Waals surface area contributed by atoms with Gasteiger partial charge in [0.15, 0.2) is 0 Å². The van der Waals surface area contributed by atoms with Crippen molar-refractivity contribution in [2.75, 3.05) is 0 Å². The van der Waals surface area contributed by atoms with Gasteiger partial charge >= 0.3 is 0 Å². The van der Waals surface area contributed by atoms with Crippen molar-refractivity contribution < 1.29 is 0 Å². The molecule has 7 nitrogen and oxygen atoms in total. The fourth-order valence-electron chi connectivity index (χ4n) is 1.61. The molecule has 0 aliphatic heterocycles. The van der Waals surface area contributed by atoms with E-state index in [1.54, 1.807) is 30.7 Å². The minimum absolute atomic E-state index is 0.176. The molecule has 0 bridgehead atoms. The van der Waals surface area contributed by atoms with Gasteiger partial charge in [-0.15, -0.1) is 10.2 Å². The van der Waals surface area contributed by atoms with Gasteiger partial charge in [0.25, 0.3) is 5.56 Å². The van der Waals surface area contributed by atoms with E-state index in [-0.39, 0.29) is 5.56 Å². The van der Waals surface area contributed by atoms with E-state index < -0.39 is 0 Å². The van der Waals surface area contributed by atoms with Gasteiger partial charge in [-0.1, -0.05) is 0 Å². The third-order valence-electron chi connectivity index (χ3n) is 2.45. The molecule has 0 spiro atoms. The second kappa shape index (κ2) is 4.21. The molecule has 3 rings (SSSR count). The third kappa shape index (κ3) is 1.77. The molecule has 0 fully saturated rings. The van der Waals surface area contributed by atoms with Crippen LogP contribution >= 0.6 is 0 Å². The van der Waals surface area contributed by atoms with E-state index in [1.165, 1.54) is 10.6 Å². The van der Waals surface area contributed by atoms with Gasteiger partial charge in [-0.3, -0.25) is 14.3 Å². The molecular formula is C11H8N6O. The molecule has 0 saturated heterocycles. The Kier molecular flexibility index (Phi) is 2.41. The third-order valence-corrected chi connectivity index (χ3v) is 2.45. The highest BCUT2D eigenvalue weighted by Crippen LogP contribution is 2.10. The summed E-state index contributed by atoms with van der Waals surface area (Å²) in [6.07, 6.45) is 4.93. The predicted octanol–water partition coefficient (Wildman–Crippen LogP) is 0.413. The standard InChI is InChI=1S/C11H8N6O/c18-10-6-8(11-13-15-16-14-11)3-5-17(10)9-2-1-4-12-7-9/h1-7H,(H,13,14,15,16). The maximum atomic E-state index is 12.0. The number of nitrogens with one attached hydrogen (secondary N) is 1. The van der Waals surface area contributed by atoms with Crippen molar-refractivity contribution in [3.05, 3.63) is 53.2 Å². The molecule has 1 N–H and O–H groups in total. The summed E-state index contributed by atoms with van der Waals surface area (Å²) in [6, 6.07) is 6.79. The van der Waals surface area contributed by atoms with Crippen molar-refractivity contribution in [2.24, 2.45) is 0 Å². The summed E-state index contributed by atoms with van der Waals surface area (Å²) in [4.78, 5) is 16.0. The molecule has 18 heavy (non-hydrogen) atoms. The van der Waals surface area contributed by atoms with Crippen molar-refractivity contribution in [3.63, 3.8) is 0 Å². The Hall–Kier alpha value is -2.83. The Bertz CT molecular complexity index is 704. The molecule has 88 valence electrons. The van der Waals surface area contributed by atoms with Gasteiger partial charge in [0, 0.05) is 24.0 Å². The van der Waals surface area contributed by atoms with Gasteiger partial charge in [0.05, 0.1) is 11.9 Å². The van der Waals surface area contributed by atoms with Gasteiger partial charge in [-0.2, -0.15) is 5.21 Å². The molecule has 0 aliphatic rings. The van der Waals surface area contributed by atoms with Crippen LogP contribution in [0.5, 0.6) is 0 Å². The molecule has 3 aromatic heterocycles. The van der Waals surface area contributed by atoms with Crippen molar-refractivity contribution in [1.29, 1.82) is 0 Å². The average molecular weight is 240 g/mol. The average Bonchev–Trinajstić information content (AvgIpc) is 2.93. The SMILES string of the molecule is O=c1cc(-c2nn[nH]n2)ccn1-c1cccnc1. The van der Waals surface area contributed by atoms with Crippen molar-refractivity contribution >= 4 is 0 Å². The van der Waals surface area contributed by atoms with E-state index in [9.17, 15) is 4.79 Å². The van der Waals surface area contributed by atoms with Crippen LogP contribution in [0.3, 0.4) is 0 Å². The lowest BCUT2D eigenvalue weighted by Gasteiger charge is -2.04. The number of aromatic amines is 1. The van der Waals surface area contributed by atoms with E-state index in [2.05, 4.69) is 25.6 Å². The smallest absolute Gasteiger partial charge is 0.255 e. The highest BCUT2D eigenvalue weighted by molar-refractivity contribution is 5.52. The summed E-state index contributed by atoms with van der Waals surface area (Å²) in [7, 11) is 0. The number of nitrogens with zero attached hydrogens (tertiary/aromatic N) is 5. The van der Waals surface area contributed by atoms with E-state index in [0.717, 1.165) is 0 Å². The second-order valence-electron chi connectivity index (χ2n) is 3.57. The zero-order chi connectivity index (χ0) is 12.4. The van der Waals surface area contributed by atoms with Gasteiger partial charge in [-0.05, 0) is 23.4 Å². The van der Waals surface area contributed by atoms with E-state index in [4.69, 9.17) is 0 Å². The summed E-state index contributed by atoms with van der Waals surface area (Å²) < 4.78 is 1.50. The Labute approximate surface area is 101 Å². The van der Waals surface area contributed by atoms with Crippen LogP contribution in [-0.4, -0.2) is 30.2 Å². The zero-order valence-corrected chi connectivity index (χ0v) is 9.19. The normalized spacial score (nSPS) is 10.4. The number of H-pyrrole nitrogens is 1. The summed E-state index contributed by atoms with van der Waals surface area (Å²) in [6.45, 7) is 0. The number of hydrogen-bond acceptors (Lipinski definition) is 5. The maximum Gasteiger partial charge on any atom is 0.255 e. The van der Waals surface area contributed by atoms with Crippen LogP contribution in [0.1, 0.15) is 0 Å². The first-order valence-electron chi connectivity index (χ1n) is 5.21. The molecule has 0 radical (unpaired) electrons. The Balaban J connectivity index is 2.08. The van der Waals surface area contributed by atoms with Gasteiger partial charge in [0.2, 0.25) is 5.82 Å². The first-order valence-corrected chi connectivity index (χ1v) is 5.21. The Morgan fingerprint density at radius 2 is 2.22 bits per heavy atom. The van der Waals surface area contributed by atoms with Crippen molar-refractivity contribution in [1.82, 2.24) is 30.2 Å². The molecule has 0 aliphatic carbocycles. The molecule has 0 amide bonds. The molecule has 0 unspecified atom stereocenters. The summed E-state index contributed by atoms with van der Waals surface area (Å²) >= 11 is 0. The van der Waals surface area contributed by atoms with Crippen LogP contribution in [0.15, 0.2) is 47.7 Å². The van der Waals surface area contributed by atoms with Gasteiger partial charge in [-0.25, -0.2) is 0 Å². The van der Waals surface area contributed by atoms with E-state index in [1.807, 2.05) is 6.07 Å². The fourth-order valence-corrected chi connectivity index (χ4v) is 1.61. The molecule has 0 aromatic carbocycles.